The van der Waals surface area contributed by atoms with E-state index in [2.05, 4.69) is 32.7 Å². The summed E-state index contributed by atoms with van der Waals surface area (Å²) in [6.07, 6.45) is 2.60. The number of hydrogen-bond donors (Lipinski definition) is 2. The van der Waals surface area contributed by atoms with Crippen molar-refractivity contribution in [3.05, 3.63) is 54.0 Å². The minimum absolute atomic E-state index is 0.0396. The van der Waals surface area contributed by atoms with E-state index < -0.39 is 0 Å². The lowest BCUT2D eigenvalue weighted by Gasteiger charge is -2.19. The number of aryl methyl sites for hydroxylation is 1. The Bertz CT molecular complexity index is 663. The maximum Gasteiger partial charge on any atom is 0.320 e. The lowest BCUT2D eigenvalue weighted by molar-refractivity contribution is 0.0911. The van der Waals surface area contributed by atoms with Crippen LogP contribution in [0.5, 0.6) is 0 Å². The number of aromatic nitrogens is 2. The summed E-state index contributed by atoms with van der Waals surface area (Å²) in [4.78, 5) is 20.1. The molecule has 6 heteroatoms. The molecule has 1 aliphatic rings. The van der Waals surface area contributed by atoms with Gasteiger partial charge in [-0.3, -0.25) is 5.32 Å². The molecule has 2 N–H and O–H groups in total. The van der Waals surface area contributed by atoms with Gasteiger partial charge in [0.2, 0.25) is 0 Å². The fraction of sp³-hybridized carbons (Fsp3) is 0.353. The van der Waals surface area contributed by atoms with Gasteiger partial charge in [0, 0.05) is 25.3 Å². The van der Waals surface area contributed by atoms with Crippen LogP contribution in [0.4, 0.5) is 10.6 Å². The Hall–Kier alpha value is -2.47. The highest BCUT2D eigenvalue weighted by atomic mass is 16.5. The molecule has 1 aromatic carbocycles. The highest BCUT2D eigenvalue weighted by molar-refractivity contribution is 5.88. The van der Waals surface area contributed by atoms with E-state index in [1.807, 2.05) is 18.2 Å². The van der Waals surface area contributed by atoms with Crippen LogP contribution in [-0.4, -0.2) is 29.2 Å². The molecule has 1 fully saturated rings. The van der Waals surface area contributed by atoms with E-state index in [1.54, 1.807) is 19.2 Å². The van der Waals surface area contributed by atoms with Gasteiger partial charge >= 0.3 is 6.03 Å². The predicted octanol–water partition coefficient (Wildman–Crippen LogP) is 2.68. The number of anilines is 1. The van der Waals surface area contributed by atoms with E-state index >= 15 is 0 Å². The fourth-order valence-electron chi connectivity index (χ4n) is 2.76. The number of ether oxygens (including phenoxy) is 1. The minimum atomic E-state index is -0.262. The van der Waals surface area contributed by atoms with Crippen molar-refractivity contribution in [3.8, 4) is 0 Å². The number of hydrogen-bond acceptors (Lipinski definition) is 4. The molecule has 1 aliphatic heterocycles. The number of nitrogens with one attached hydrogen (secondary N) is 2. The number of rotatable bonds is 4. The molecule has 1 aromatic heterocycles. The second-order valence-corrected chi connectivity index (χ2v) is 5.57. The van der Waals surface area contributed by atoms with Crippen molar-refractivity contribution in [2.45, 2.75) is 19.4 Å². The van der Waals surface area contributed by atoms with E-state index in [0.717, 1.165) is 18.6 Å². The van der Waals surface area contributed by atoms with Crippen LogP contribution in [0.25, 0.3) is 0 Å². The van der Waals surface area contributed by atoms with Gasteiger partial charge in [-0.15, -0.1) is 0 Å². The van der Waals surface area contributed by atoms with Crippen LogP contribution < -0.4 is 10.6 Å². The Kier molecular flexibility index (Phi) is 4.83. The molecular weight excluding hydrogens is 292 g/mol. The van der Waals surface area contributed by atoms with Crippen molar-refractivity contribution >= 4 is 11.8 Å². The Balaban J connectivity index is 1.54. The van der Waals surface area contributed by atoms with Gasteiger partial charge in [0.05, 0.1) is 6.10 Å². The number of nitrogens with zero attached hydrogens (tertiary/aromatic N) is 2. The monoisotopic (exact) mass is 312 g/mol. The predicted molar refractivity (Wildman–Crippen MR) is 87.0 cm³/mol. The van der Waals surface area contributed by atoms with Crippen LogP contribution in [-0.2, 0) is 4.74 Å². The first-order valence-electron chi connectivity index (χ1n) is 7.73. The highest BCUT2D eigenvalue weighted by Crippen LogP contribution is 2.33. The molecule has 0 aliphatic carbocycles. The molecule has 0 bridgehead atoms. The van der Waals surface area contributed by atoms with Crippen LogP contribution in [0.15, 0.2) is 42.6 Å². The summed E-state index contributed by atoms with van der Waals surface area (Å²) >= 11 is 0. The third kappa shape index (κ3) is 4.04. The summed E-state index contributed by atoms with van der Waals surface area (Å²) in [6.45, 7) is 3.07. The quantitative estimate of drug-likeness (QED) is 0.910. The van der Waals surface area contributed by atoms with Crippen LogP contribution in [0.1, 0.15) is 23.9 Å². The summed E-state index contributed by atoms with van der Waals surface area (Å²) in [5.41, 5.74) is 1.16. The second-order valence-electron chi connectivity index (χ2n) is 5.57. The maximum atomic E-state index is 12.0. The molecule has 0 unspecified atom stereocenters. The summed E-state index contributed by atoms with van der Waals surface area (Å²) in [6, 6.07) is 11.5. The Labute approximate surface area is 135 Å². The molecule has 1 saturated heterocycles. The molecule has 2 atom stereocenters. The highest BCUT2D eigenvalue weighted by Gasteiger charge is 2.29. The number of urea groups is 1. The first-order chi connectivity index (χ1) is 11.2. The SMILES string of the molecule is Cc1nccc(NC(=O)NC[C@H]2CCO[C@@H]2c2ccccc2)n1. The molecule has 0 spiro atoms. The van der Waals surface area contributed by atoms with Gasteiger partial charge in [0.25, 0.3) is 0 Å². The second kappa shape index (κ2) is 7.19. The number of carbonyl (C=O) groups excluding carboxylic acids is 1. The van der Waals surface area contributed by atoms with E-state index in [4.69, 9.17) is 4.74 Å². The van der Waals surface area contributed by atoms with Gasteiger partial charge in [-0.1, -0.05) is 30.3 Å². The molecule has 120 valence electrons. The van der Waals surface area contributed by atoms with Crippen LogP contribution >= 0.6 is 0 Å². The van der Waals surface area contributed by atoms with Crippen molar-refractivity contribution in [3.63, 3.8) is 0 Å². The Morgan fingerprint density at radius 3 is 2.91 bits per heavy atom. The van der Waals surface area contributed by atoms with Crippen molar-refractivity contribution in [1.82, 2.24) is 15.3 Å². The minimum Gasteiger partial charge on any atom is -0.373 e. The molecule has 2 aromatic rings. The van der Waals surface area contributed by atoms with Crippen molar-refractivity contribution in [1.29, 1.82) is 0 Å². The maximum absolute atomic E-state index is 12.0. The number of amides is 2. The molecule has 3 rings (SSSR count). The number of carbonyl (C=O) groups is 1. The third-order valence-corrected chi connectivity index (χ3v) is 3.88. The Morgan fingerprint density at radius 2 is 2.13 bits per heavy atom. The molecule has 2 heterocycles. The lowest BCUT2D eigenvalue weighted by atomic mass is 9.95. The van der Waals surface area contributed by atoms with Gasteiger partial charge in [-0.05, 0) is 25.0 Å². The molecule has 23 heavy (non-hydrogen) atoms. The average Bonchev–Trinajstić information content (AvgIpc) is 3.02. The van der Waals surface area contributed by atoms with Gasteiger partial charge in [0.1, 0.15) is 11.6 Å². The normalized spacial score (nSPS) is 20.2. The van der Waals surface area contributed by atoms with Crippen LogP contribution in [0, 0.1) is 12.8 Å². The lowest BCUT2D eigenvalue weighted by Crippen LogP contribution is -2.34. The molecular formula is C17H20N4O2. The van der Waals surface area contributed by atoms with Gasteiger partial charge in [-0.2, -0.15) is 0 Å². The van der Waals surface area contributed by atoms with E-state index in [1.165, 1.54) is 0 Å². The zero-order chi connectivity index (χ0) is 16.1. The van der Waals surface area contributed by atoms with Gasteiger partial charge in [-0.25, -0.2) is 14.8 Å². The largest absolute Gasteiger partial charge is 0.373 e. The molecule has 0 radical (unpaired) electrons. The molecule has 0 saturated carbocycles. The topological polar surface area (TPSA) is 76.1 Å². The van der Waals surface area contributed by atoms with Gasteiger partial charge < -0.3 is 10.1 Å². The smallest absolute Gasteiger partial charge is 0.320 e. The first-order valence-corrected chi connectivity index (χ1v) is 7.73. The zero-order valence-corrected chi connectivity index (χ0v) is 13.0. The summed E-state index contributed by atoms with van der Waals surface area (Å²) in [5.74, 6) is 1.39. The summed E-state index contributed by atoms with van der Waals surface area (Å²) in [5, 5.41) is 5.62. The summed E-state index contributed by atoms with van der Waals surface area (Å²) in [7, 11) is 0. The first kappa shape index (κ1) is 15.4. The Morgan fingerprint density at radius 1 is 1.30 bits per heavy atom. The van der Waals surface area contributed by atoms with Crippen molar-refractivity contribution in [2.24, 2.45) is 5.92 Å². The van der Waals surface area contributed by atoms with Crippen molar-refractivity contribution in [2.75, 3.05) is 18.5 Å². The van der Waals surface area contributed by atoms with Crippen LogP contribution in [0.3, 0.4) is 0 Å². The standard InChI is InChI=1S/C17H20N4O2/c1-12-18-9-7-15(20-12)21-17(22)19-11-14-8-10-23-16(14)13-5-3-2-4-6-13/h2-7,9,14,16H,8,10-11H2,1H3,(H2,18,19,20,21,22)/t14-,16-/m1/s1. The van der Waals surface area contributed by atoms with Crippen LogP contribution in [0.2, 0.25) is 0 Å². The van der Waals surface area contributed by atoms with Gasteiger partial charge in [0.15, 0.2) is 0 Å². The third-order valence-electron chi connectivity index (χ3n) is 3.88. The zero-order valence-electron chi connectivity index (χ0n) is 13.0. The van der Waals surface area contributed by atoms with E-state index in [0.29, 0.717) is 18.2 Å². The fourth-order valence-corrected chi connectivity index (χ4v) is 2.76. The molecule has 2 amide bonds. The summed E-state index contributed by atoms with van der Waals surface area (Å²) < 4.78 is 5.83. The van der Waals surface area contributed by atoms with E-state index in [-0.39, 0.29) is 18.1 Å². The van der Waals surface area contributed by atoms with Crippen molar-refractivity contribution < 1.29 is 9.53 Å². The van der Waals surface area contributed by atoms with E-state index in [9.17, 15) is 4.79 Å². The molecule has 6 nitrogen and oxygen atoms in total. The average molecular weight is 312 g/mol. The number of benzene rings is 1.